The summed E-state index contributed by atoms with van der Waals surface area (Å²) in [7, 11) is 0. The molecular weight excluding hydrogens is 138 g/mol. The molecule has 45 valence electrons. The van der Waals surface area contributed by atoms with E-state index in [0.717, 1.165) is 13.1 Å². The Hall–Kier alpha value is 0.400. The molecule has 0 bridgehead atoms. The Labute approximate surface area is 59.2 Å². The first kappa shape index (κ1) is 6.52. The van der Waals surface area contributed by atoms with Crippen molar-refractivity contribution in [1.82, 2.24) is 5.32 Å². The van der Waals surface area contributed by atoms with Gasteiger partial charge >= 0.3 is 0 Å². The second kappa shape index (κ2) is 3.43. The molecule has 1 unspecified atom stereocenters. The molecule has 1 aliphatic rings. The van der Waals surface area contributed by atoms with Crippen molar-refractivity contribution in [3.63, 3.8) is 0 Å². The Balaban J connectivity index is 2.22. The molecule has 1 radical (unpaired) electrons. The molecule has 0 aromatic carbocycles. The first-order valence-corrected chi connectivity index (χ1v) is 4.09. The van der Waals surface area contributed by atoms with Crippen molar-refractivity contribution < 1.29 is 0 Å². The van der Waals surface area contributed by atoms with Crippen molar-refractivity contribution in [3.05, 3.63) is 0 Å². The van der Waals surface area contributed by atoms with Crippen LogP contribution in [0.15, 0.2) is 0 Å². The van der Waals surface area contributed by atoms with E-state index >= 15 is 0 Å². The van der Waals surface area contributed by atoms with Crippen LogP contribution in [0.1, 0.15) is 0 Å². The molecule has 0 spiro atoms. The maximum Gasteiger partial charge on any atom is 0.0536 e. The Morgan fingerprint density at radius 2 is 2.62 bits per heavy atom. The highest BCUT2D eigenvalue weighted by molar-refractivity contribution is 8.01. The Morgan fingerprint density at radius 3 is 3.00 bits per heavy atom. The SMILES string of the molecule is S=[C]C1CNCCS1. The fourth-order valence-electron chi connectivity index (χ4n) is 0.641. The van der Waals surface area contributed by atoms with Gasteiger partial charge in [-0.2, -0.15) is 11.8 Å². The molecule has 0 saturated carbocycles. The summed E-state index contributed by atoms with van der Waals surface area (Å²) in [6.45, 7) is 2.13. The minimum atomic E-state index is 0.457. The summed E-state index contributed by atoms with van der Waals surface area (Å²) >= 11 is 6.55. The van der Waals surface area contributed by atoms with Gasteiger partial charge in [0.1, 0.15) is 0 Å². The molecule has 3 heteroatoms. The third-order valence-corrected chi connectivity index (χ3v) is 2.62. The lowest BCUT2D eigenvalue weighted by Gasteiger charge is -2.16. The minimum absolute atomic E-state index is 0.457. The number of rotatable bonds is 1. The van der Waals surface area contributed by atoms with Crippen molar-refractivity contribution in [2.45, 2.75) is 5.25 Å². The van der Waals surface area contributed by atoms with Crippen molar-refractivity contribution in [1.29, 1.82) is 0 Å². The highest BCUT2D eigenvalue weighted by atomic mass is 32.2. The van der Waals surface area contributed by atoms with E-state index in [1.807, 2.05) is 11.8 Å². The Kier molecular flexibility index (Phi) is 2.80. The van der Waals surface area contributed by atoms with E-state index < -0.39 is 0 Å². The lowest BCUT2D eigenvalue weighted by Crippen LogP contribution is -2.32. The van der Waals surface area contributed by atoms with Crippen LogP contribution in [0.3, 0.4) is 0 Å². The smallest absolute Gasteiger partial charge is 0.0536 e. The van der Waals surface area contributed by atoms with E-state index in [1.165, 1.54) is 5.75 Å². The lowest BCUT2D eigenvalue weighted by atomic mass is 10.4. The molecule has 1 fully saturated rings. The Morgan fingerprint density at radius 1 is 1.75 bits per heavy atom. The fraction of sp³-hybridized carbons (Fsp3) is 0.800. The van der Waals surface area contributed by atoms with Crippen LogP contribution in [0.25, 0.3) is 0 Å². The number of hydrogen-bond acceptors (Lipinski definition) is 3. The third-order valence-electron chi connectivity index (χ3n) is 1.06. The summed E-state index contributed by atoms with van der Waals surface area (Å²) in [6.07, 6.45) is 0. The van der Waals surface area contributed by atoms with Crippen LogP contribution in [0.2, 0.25) is 0 Å². The zero-order valence-corrected chi connectivity index (χ0v) is 6.15. The van der Waals surface area contributed by atoms with E-state index in [9.17, 15) is 0 Å². The van der Waals surface area contributed by atoms with E-state index in [0.29, 0.717) is 5.25 Å². The highest BCUT2D eigenvalue weighted by Gasteiger charge is 2.09. The standard InChI is InChI=1S/C5H8NS2/c7-4-5-3-6-1-2-8-5/h5-6H,1-3H2. The molecule has 1 N–H and O–H groups in total. The summed E-state index contributed by atoms with van der Waals surface area (Å²) in [5.74, 6) is 1.17. The molecule has 1 rings (SSSR count). The fourth-order valence-corrected chi connectivity index (χ4v) is 1.78. The number of thiocarbonyl (C=S) groups is 1. The number of hydrogen-bond donors (Lipinski definition) is 1. The molecular formula is C5H8NS2. The molecule has 0 aromatic heterocycles. The molecule has 1 aliphatic heterocycles. The van der Waals surface area contributed by atoms with Crippen molar-refractivity contribution in [2.75, 3.05) is 18.8 Å². The maximum atomic E-state index is 4.66. The van der Waals surface area contributed by atoms with Gasteiger partial charge in [-0.05, 0) is 0 Å². The van der Waals surface area contributed by atoms with Gasteiger partial charge in [-0.1, -0.05) is 12.2 Å². The second-order valence-corrected chi connectivity index (χ2v) is 3.23. The molecule has 8 heavy (non-hydrogen) atoms. The summed E-state index contributed by atoms with van der Waals surface area (Å²) in [5.41, 5.74) is 0. The second-order valence-electron chi connectivity index (χ2n) is 1.68. The molecule has 0 aromatic rings. The van der Waals surface area contributed by atoms with Gasteiger partial charge in [-0.3, -0.25) is 0 Å². The predicted molar refractivity (Wildman–Crippen MR) is 41.7 cm³/mol. The topological polar surface area (TPSA) is 12.0 Å². The zero-order valence-electron chi connectivity index (χ0n) is 4.52. The van der Waals surface area contributed by atoms with Crippen LogP contribution in [-0.2, 0) is 0 Å². The lowest BCUT2D eigenvalue weighted by molar-refractivity contribution is 0.734. The average Bonchev–Trinajstić information content (AvgIpc) is 1.90. The van der Waals surface area contributed by atoms with E-state index in [1.54, 1.807) is 0 Å². The summed E-state index contributed by atoms with van der Waals surface area (Å²) in [6, 6.07) is 0. The van der Waals surface area contributed by atoms with Gasteiger partial charge in [0.15, 0.2) is 0 Å². The van der Waals surface area contributed by atoms with E-state index in [4.69, 9.17) is 0 Å². The monoisotopic (exact) mass is 146 g/mol. The summed E-state index contributed by atoms with van der Waals surface area (Å²) in [4.78, 5) is 0. The van der Waals surface area contributed by atoms with Crippen molar-refractivity contribution in [2.24, 2.45) is 0 Å². The van der Waals surface area contributed by atoms with Gasteiger partial charge in [0.05, 0.1) is 5.25 Å². The van der Waals surface area contributed by atoms with Crippen molar-refractivity contribution in [3.8, 4) is 0 Å². The van der Waals surface area contributed by atoms with Gasteiger partial charge < -0.3 is 5.32 Å². The normalized spacial score (nSPS) is 29.8. The quantitative estimate of drug-likeness (QED) is 0.543. The van der Waals surface area contributed by atoms with Crippen LogP contribution in [0.4, 0.5) is 0 Å². The Bertz CT molecular complexity index is 78.5. The van der Waals surface area contributed by atoms with Crippen molar-refractivity contribution >= 4 is 29.3 Å². The van der Waals surface area contributed by atoms with Gasteiger partial charge in [-0.25, -0.2) is 0 Å². The molecule has 0 aliphatic carbocycles. The van der Waals surface area contributed by atoms with Crippen LogP contribution in [0, 0.1) is 0 Å². The van der Waals surface area contributed by atoms with Crippen LogP contribution >= 0.6 is 24.0 Å². The summed E-state index contributed by atoms with van der Waals surface area (Å²) in [5, 5.41) is 6.48. The summed E-state index contributed by atoms with van der Waals surface area (Å²) < 4.78 is 0. The molecule has 0 amide bonds. The van der Waals surface area contributed by atoms with E-state index in [-0.39, 0.29) is 0 Å². The first-order chi connectivity index (χ1) is 3.93. The molecule has 1 saturated heterocycles. The number of thioether (sulfide) groups is 1. The van der Waals surface area contributed by atoms with Gasteiger partial charge in [0.25, 0.3) is 0 Å². The van der Waals surface area contributed by atoms with Crippen LogP contribution in [-0.4, -0.2) is 29.5 Å². The predicted octanol–water partition coefficient (Wildman–Crippen LogP) is 0.568. The van der Waals surface area contributed by atoms with Gasteiger partial charge in [0, 0.05) is 24.2 Å². The maximum absolute atomic E-state index is 4.66. The average molecular weight is 146 g/mol. The van der Waals surface area contributed by atoms with Gasteiger partial charge in [-0.15, -0.1) is 0 Å². The largest absolute Gasteiger partial charge is 0.314 e. The highest BCUT2D eigenvalue weighted by Crippen LogP contribution is 2.10. The third kappa shape index (κ3) is 1.73. The van der Waals surface area contributed by atoms with Gasteiger partial charge in [0.2, 0.25) is 0 Å². The first-order valence-electron chi connectivity index (χ1n) is 2.63. The molecule has 1 heterocycles. The van der Waals surface area contributed by atoms with Crippen LogP contribution < -0.4 is 5.32 Å². The molecule has 1 nitrogen and oxygen atoms in total. The zero-order chi connectivity index (χ0) is 5.82. The number of nitrogens with one attached hydrogen (secondary N) is 1. The van der Waals surface area contributed by atoms with E-state index in [2.05, 4.69) is 22.9 Å². The molecule has 1 atom stereocenters. The minimum Gasteiger partial charge on any atom is -0.314 e. The van der Waals surface area contributed by atoms with Crippen LogP contribution in [0.5, 0.6) is 0 Å².